The van der Waals surface area contributed by atoms with Gasteiger partial charge in [0.25, 0.3) is 0 Å². The maximum Gasteiger partial charge on any atom is 0.416 e. The summed E-state index contributed by atoms with van der Waals surface area (Å²) in [7, 11) is 1.43. The number of unbranched alkanes of at least 4 members (excludes halogenated alkanes) is 3. The van der Waals surface area contributed by atoms with Gasteiger partial charge < -0.3 is 14.6 Å². The van der Waals surface area contributed by atoms with Crippen molar-refractivity contribution in [1.82, 2.24) is 0 Å². The Morgan fingerprint density at radius 2 is 1.76 bits per heavy atom. The Kier molecular flexibility index (Phi) is 12.9. The van der Waals surface area contributed by atoms with Crippen LogP contribution in [0.5, 0.6) is 5.75 Å². The first-order valence-electron chi connectivity index (χ1n) is 12.2. The molecule has 1 aliphatic rings. The lowest BCUT2D eigenvalue weighted by atomic mass is 9.92. The summed E-state index contributed by atoms with van der Waals surface area (Å²) in [5.41, 5.74) is -2.20. The first kappa shape index (κ1) is 30.2. The minimum absolute atomic E-state index is 0.0869. The Morgan fingerprint density at radius 1 is 1.12 bits per heavy atom. The number of rotatable bonds is 11. The molecular formula is C26H40F4O4. The average Bonchev–Trinajstić information content (AvgIpc) is 3.27. The number of hydrogen-bond donors (Lipinski definition) is 1. The van der Waals surface area contributed by atoms with Gasteiger partial charge in [-0.15, -0.1) is 0 Å². The molecule has 2 rings (SSSR count). The van der Waals surface area contributed by atoms with Gasteiger partial charge in [-0.2, -0.15) is 13.2 Å². The Balaban J connectivity index is 0.000000489. The highest BCUT2D eigenvalue weighted by Gasteiger charge is 2.34. The molecule has 4 nitrogen and oxygen atoms in total. The minimum atomic E-state index is -4.65. The van der Waals surface area contributed by atoms with Gasteiger partial charge in [0.1, 0.15) is 17.2 Å². The highest BCUT2D eigenvalue weighted by atomic mass is 19.4. The number of aliphatic hydroxyl groups is 1. The quantitative estimate of drug-likeness (QED) is 0.198. The number of carbonyl (C=O) groups is 1. The lowest BCUT2D eigenvalue weighted by Gasteiger charge is -2.32. The van der Waals surface area contributed by atoms with Gasteiger partial charge in [0.2, 0.25) is 0 Å². The number of aliphatic hydroxyl groups excluding tert-OH is 1. The number of carbonyl (C=O) groups excluding carboxylic acids is 1. The zero-order valence-corrected chi connectivity index (χ0v) is 20.8. The molecule has 1 unspecified atom stereocenters. The molecule has 1 fully saturated rings. The third-order valence-corrected chi connectivity index (χ3v) is 6.17. The van der Waals surface area contributed by atoms with E-state index in [4.69, 9.17) is 4.74 Å². The smallest absolute Gasteiger partial charge is 0.416 e. The number of benzene rings is 1. The molecule has 34 heavy (non-hydrogen) atoms. The van der Waals surface area contributed by atoms with Crippen molar-refractivity contribution in [2.75, 3.05) is 7.11 Å². The molecule has 8 heteroatoms. The van der Waals surface area contributed by atoms with Gasteiger partial charge in [-0.25, -0.2) is 4.39 Å². The van der Waals surface area contributed by atoms with E-state index in [1.165, 1.54) is 32.8 Å². The average molecular weight is 493 g/mol. The predicted molar refractivity (Wildman–Crippen MR) is 124 cm³/mol. The molecule has 0 saturated heterocycles. The van der Waals surface area contributed by atoms with Crippen molar-refractivity contribution in [2.45, 2.75) is 109 Å². The van der Waals surface area contributed by atoms with E-state index in [0.717, 1.165) is 44.2 Å². The van der Waals surface area contributed by atoms with Crippen molar-refractivity contribution < 1.29 is 36.9 Å². The Labute approximate surface area is 201 Å². The summed E-state index contributed by atoms with van der Waals surface area (Å²) in [5.74, 6) is -0.735. The van der Waals surface area contributed by atoms with Gasteiger partial charge in [0.05, 0.1) is 18.8 Å². The van der Waals surface area contributed by atoms with E-state index < -0.39 is 29.3 Å². The van der Waals surface area contributed by atoms with Crippen LogP contribution in [-0.4, -0.2) is 29.9 Å². The van der Waals surface area contributed by atoms with Crippen LogP contribution >= 0.6 is 0 Å². The summed E-state index contributed by atoms with van der Waals surface area (Å²) in [6.07, 6.45) is 5.76. The van der Waals surface area contributed by atoms with E-state index in [0.29, 0.717) is 24.8 Å². The van der Waals surface area contributed by atoms with E-state index in [-0.39, 0.29) is 11.7 Å². The van der Waals surface area contributed by atoms with Crippen LogP contribution in [0.4, 0.5) is 17.6 Å². The largest absolute Gasteiger partial charge is 0.485 e. The molecule has 0 radical (unpaired) electrons. The molecule has 196 valence electrons. The fourth-order valence-electron chi connectivity index (χ4n) is 4.00. The second-order valence-corrected chi connectivity index (χ2v) is 9.51. The fraction of sp³-hybridized carbons (Fsp3) is 0.731. The van der Waals surface area contributed by atoms with Crippen LogP contribution in [-0.2, 0) is 15.7 Å². The summed E-state index contributed by atoms with van der Waals surface area (Å²) in [5, 5.41) is 10.4. The molecule has 1 aromatic rings. The molecule has 0 amide bonds. The molecule has 1 aliphatic carbocycles. The van der Waals surface area contributed by atoms with Crippen molar-refractivity contribution >= 4 is 5.97 Å². The molecule has 0 aliphatic heterocycles. The minimum Gasteiger partial charge on any atom is -0.485 e. The van der Waals surface area contributed by atoms with Gasteiger partial charge in [0, 0.05) is 12.5 Å². The summed E-state index contributed by atoms with van der Waals surface area (Å²) in [4.78, 5) is 10.6. The third-order valence-electron chi connectivity index (χ3n) is 6.17. The Morgan fingerprint density at radius 3 is 2.32 bits per heavy atom. The lowest BCUT2D eigenvalue weighted by Crippen LogP contribution is -2.42. The number of alkyl halides is 3. The van der Waals surface area contributed by atoms with Crippen molar-refractivity contribution in [3.63, 3.8) is 0 Å². The zero-order chi connectivity index (χ0) is 25.8. The lowest BCUT2D eigenvalue weighted by molar-refractivity contribution is -0.141. The second-order valence-electron chi connectivity index (χ2n) is 9.51. The molecule has 0 spiro atoms. The second kappa shape index (κ2) is 14.5. The third kappa shape index (κ3) is 11.5. The monoisotopic (exact) mass is 492 g/mol. The Bertz CT molecular complexity index is 728. The van der Waals surface area contributed by atoms with Gasteiger partial charge in [-0.1, -0.05) is 51.9 Å². The van der Waals surface area contributed by atoms with Gasteiger partial charge in [0.15, 0.2) is 0 Å². The van der Waals surface area contributed by atoms with E-state index in [2.05, 4.69) is 11.7 Å². The topological polar surface area (TPSA) is 55.8 Å². The van der Waals surface area contributed by atoms with Crippen LogP contribution in [0.3, 0.4) is 0 Å². The maximum atomic E-state index is 13.4. The molecule has 1 saturated carbocycles. The van der Waals surface area contributed by atoms with Gasteiger partial charge in [-0.3, -0.25) is 4.79 Å². The van der Waals surface area contributed by atoms with Crippen molar-refractivity contribution in [3.8, 4) is 5.75 Å². The fourth-order valence-corrected chi connectivity index (χ4v) is 4.00. The number of ether oxygens (including phenoxy) is 2. The van der Waals surface area contributed by atoms with Gasteiger partial charge in [-0.05, 0) is 51.2 Å². The molecule has 0 heterocycles. The highest BCUT2D eigenvalue weighted by Crippen LogP contribution is 2.35. The maximum absolute atomic E-state index is 13.4. The van der Waals surface area contributed by atoms with Crippen LogP contribution in [0.1, 0.15) is 97.0 Å². The van der Waals surface area contributed by atoms with Crippen LogP contribution in [0.15, 0.2) is 18.2 Å². The molecule has 0 bridgehead atoms. The van der Waals surface area contributed by atoms with Crippen molar-refractivity contribution in [2.24, 2.45) is 5.92 Å². The van der Waals surface area contributed by atoms with Crippen molar-refractivity contribution in [3.05, 3.63) is 29.6 Å². The van der Waals surface area contributed by atoms with E-state index in [1.54, 1.807) is 13.8 Å². The zero-order valence-electron chi connectivity index (χ0n) is 20.8. The molecule has 0 aromatic heterocycles. The molecule has 1 atom stereocenters. The standard InChI is InChI=1S/C18H24F4O2.C8H16O2/c1-17(2,16(23)8-7-12-5-3-4-6-12)24-15-10-13(18(20,21)22)9-14(19)11-15;1-3-4-5-6-7-8(9)10-2/h9-12,16,23H,3-8H2,1-2H3;3-7H2,1-2H3. The molecular weight excluding hydrogens is 452 g/mol. The first-order chi connectivity index (χ1) is 15.9. The van der Waals surface area contributed by atoms with Crippen LogP contribution in [0.2, 0.25) is 0 Å². The summed E-state index contributed by atoms with van der Waals surface area (Å²) < 4.78 is 61.7. The number of halogens is 4. The SMILES string of the molecule is CC(C)(Oc1cc(F)cc(C(F)(F)F)c1)C(O)CCC1CCCC1.CCCCCCC(=O)OC. The van der Waals surface area contributed by atoms with Crippen LogP contribution in [0.25, 0.3) is 0 Å². The van der Waals surface area contributed by atoms with E-state index in [9.17, 15) is 27.5 Å². The van der Waals surface area contributed by atoms with E-state index >= 15 is 0 Å². The number of hydrogen-bond acceptors (Lipinski definition) is 4. The Hall–Kier alpha value is -1.83. The highest BCUT2D eigenvalue weighted by molar-refractivity contribution is 5.68. The molecule has 1 N–H and O–H groups in total. The summed E-state index contributed by atoms with van der Waals surface area (Å²) in [6, 6.07) is 2.09. The van der Waals surface area contributed by atoms with E-state index in [1.807, 2.05) is 0 Å². The predicted octanol–water partition coefficient (Wildman–Crippen LogP) is 7.46. The van der Waals surface area contributed by atoms with Crippen LogP contribution in [0, 0.1) is 11.7 Å². The number of esters is 1. The summed E-state index contributed by atoms with van der Waals surface area (Å²) >= 11 is 0. The number of methoxy groups -OCH3 is 1. The molecule has 1 aromatic carbocycles. The summed E-state index contributed by atoms with van der Waals surface area (Å²) in [6.45, 7) is 5.35. The first-order valence-corrected chi connectivity index (χ1v) is 12.2. The van der Waals surface area contributed by atoms with Crippen LogP contribution < -0.4 is 4.74 Å². The van der Waals surface area contributed by atoms with Crippen molar-refractivity contribution in [1.29, 1.82) is 0 Å². The van der Waals surface area contributed by atoms with Gasteiger partial charge >= 0.3 is 12.1 Å². The normalized spacial score (nSPS) is 15.4.